The molecule has 0 saturated heterocycles. The summed E-state index contributed by atoms with van der Waals surface area (Å²) in [5, 5.41) is 12.2. The van der Waals surface area contributed by atoms with Crippen molar-refractivity contribution < 1.29 is 4.79 Å². The number of nitrogens with zero attached hydrogens (tertiary/aromatic N) is 2. The molecule has 4 nitrogen and oxygen atoms in total. The van der Waals surface area contributed by atoms with Crippen molar-refractivity contribution in [2.24, 2.45) is 0 Å². The van der Waals surface area contributed by atoms with Crippen molar-refractivity contribution in [2.45, 2.75) is 32.2 Å². The zero-order chi connectivity index (χ0) is 17.4. The van der Waals surface area contributed by atoms with Gasteiger partial charge < -0.3 is 5.32 Å². The van der Waals surface area contributed by atoms with Crippen LogP contribution >= 0.6 is 22.9 Å². The minimum absolute atomic E-state index is 0.0717. The number of nitrogens with one attached hydrogen (secondary N) is 1. The fraction of sp³-hybridized carbons (Fsp3) is 0.263. The average Bonchev–Trinajstić information content (AvgIpc) is 3.13. The Kier molecular flexibility index (Phi) is 4.36. The maximum atomic E-state index is 12.7. The van der Waals surface area contributed by atoms with E-state index in [1.165, 1.54) is 0 Å². The number of halogens is 1. The van der Waals surface area contributed by atoms with Gasteiger partial charge in [0, 0.05) is 17.5 Å². The van der Waals surface area contributed by atoms with Gasteiger partial charge >= 0.3 is 0 Å². The molecule has 1 N–H and O–H groups in total. The van der Waals surface area contributed by atoms with Crippen molar-refractivity contribution in [3.8, 4) is 5.69 Å². The molecule has 3 aromatic rings. The highest BCUT2D eigenvalue weighted by atomic mass is 35.5. The lowest BCUT2D eigenvalue weighted by molar-refractivity contribution is 0.0950. The van der Waals surface area contributed by atoms with E-state index in [-0.39, 0.29) is 5.91 Å². The van der Waals surface area contributed by atoms with E-state index in [1.54, 1.807) is 17.5 Å². The normalized spacial score (nSPS) is 13.8. The molecule has 1 aliphatic carbocycles. The lowest BCUT2D eigenvalue weighted by atomic mass is 10.1. The molecule has 0 aliphatic heterocycles. The minimum Gasteiger partial charge on any atom is -0.348 e. The highest BCUT2D eigenvalue weighted by Crippen LogP contribution is 2.42. The van der Waals surface area contributed by atoms with Crippen LogP contribution in [0.2, 0.25) is 5.02 Å². The van der Waals surface area contributed by atoms with Crippen LogP contribution in [0.3, 0.4) is 0 Å². The van der Waals surface area contributed by atoms with Gasteiger partial charge in [0.05, 0.1) is 23.1 Å². The van der Waals surface area contributed by atoms with E-state index >= 15 is 0 Å². The SMILES string of the molecule is Cc1ccc(-n2ncc(C(=O)NCc3ccsc3)c2C2CC2)cc1Cl. The van der Waals surface area contributed by atoms with Crippen molar-refractivity contribution in [1.82, 2.24) is 15.1 Å². The molecule has 0 atom stereocenters. The average molecular weight is 372 g/mol. The molecule has 25 heavy (non-hydrogen) atoms. The summed E-state index contributed by atoms with van der Waals surface area (Å²) in [7, 11) is 0. The largest absolute Gasteiger partial charge is 0.348 e. The number of rotatable bonds is 5. The zero-order valence-corrected chi connectivity index (χ0v) is 15.4. The highest BCUT2D eigenvalue weighted by Gasteiger charge is 2.32. The first-order valence-electron chi connectivity index (χ1n) is 8.27. The molecule has 1 amide bonds. The van der Waals surface area contributed by atoms with E-state index in [9.17, 15) is 4.79 Å². The van der Waals surface area contributed by atoms with E-state index in [0.717, 1.165) is 35.3 Å². The first-order chi connectivity index (χ1) is 12.1. The number of thiophene rings is 1. The molecular weight excluding hydrogens is 354 g/mol. The second-order valence-electron chi connectivity index (χ2n) is 6.38. The Bertz CT molecular complexity index is 913. The molecule has 1 saturated carbocycles. The molecule has 2 aromatic heterocycles. The van der Waals surface area contributed by atoms with E-state index in [4.69, 9.17) is 11.6 Å². The Morgan fingerprint density at radius 2 is 2.24 bits per heavy atom. The summed E-state index contributed by atoms with van der Waals surface area (Å²) in [6, 6.07) is 7.90. The standard InChI is InChI=1S/C19H18ClN3OS/c1-12-2-5-15(8-17(12)20)23-18(14-3-4-14)16(10-22-23)19(24)21-9-13-6-7-25-11-13/h2,5-8,10-11,14H,3-4,9H2,1H3,(H,21,24). The highest BCUT2D eigenvalue weighted by molar-refractivity contribution is 7.07. The first-order valence-corrected chi connectivity index (χ1v) is 9.59. The number of carbonyl (C=O) groups is 1. The lowest BCUT2D eigenvalue weighted by Crippen LogP contribution is -2.23. The van der Waals surface area contributed by atoms with Crippen LogP contribution < -0.4 is 5.32 Å². The van der Waals surface area contributed by atoms with Gasteiger partial charge in [0.25, 0.3) is 5.91 Å². The number of aryl methyl sites for hydroxylation is 1. The summed E-state index contributed by atoms with van der Waals surface area (Å²) in [4.78, 5) is 12.7. The second kappa shape index (κ2) is 6.65. The number of hydrogen-bond acceptors (Lipinski definition) is 3. The fourth-order valence-electron chi connectivity index (χ4n) is 2.87. The topological polar surface area (TPSA) is 46.9 Å². The molecule has 1 aliphatic rings. The predicted octanol–water partition coefficient (Wildman–Crippen LogP) is 4.70. The Labute approximate surface area is 155 Å². The van der Waals surface area contributed by atoms with Crippen LogP contribution in [-0.2, 0) is 6.54 Å². The number of hydrogen-bond donors (Lipinski definition) is 1. The van der Waals surface area contributed by atoms with Crippen LogP contribution in [0.4, 0.5) is 0 Å². The Morgan fingerprint density at radius 1 is 1.40 bits per heavy atom. The van der Waals surface area contributed by atoms with Crippen LogP contribution in [0.1, 0.15) is 45.9 Å². The minimum atomic E-state index is -0.0717. The van der Waals surface area contributed by atoms with Crippen LogP contribution in [0, 0.1) is 6.92 Å². The van der Waals surface area contributed by atoms with E-state index in [1.807, 2.05) is 46.6 Å². The number of aromatic nitrogens is 2. The molecule has 0 spiro atoms. The first kappa shape index (κ1) is 16.4. The second-order valence-corrected chi connectivity index (χ2v) is 7.56. The lowest BCUT2D eigenvalue weighted by Gasteiger charge is -2.10. The number of benzene rings is 1. The third-order valence-electron chi connectivity index (χ3n) is 4.45. The van der Waals surface area contributed by atoms with Gasteiger partial charge in [0.2, 0.25) is 0 Å². The maximum absolute atomic E-state index is 12.7. The van der Waals surface area contributed by atoms with Crippen molar-refractivity contribution >= 4 is 28.8 Å². The van der Waals surface area contributed by atoms with Gasteiger partial charge in [-0.3, -0.25) is 4.79 Å². The molecule has 0 unspecified atom stereocenters. The van der Waals surface area contributed by atoms with Crippen LogP contribution in [0.5, 0.6) is 0 Å². The van der Waals surface area contributed by atoms with E-state index in [2.05, 4.69) is 10.4 Å². The molecule has 0 bridgehead atoms. The maximum Gasteiger partial charge on any atom is 0.255 e. The Morgan fingerprint density at radius 3 is 2.92 bits per heavy atom. The summed E-state index contributed by atoms with van der Waals surface area (Å²) < 4.78 is 1.86. The van der Waals surface area contributed by atoms with Gasteiger partial charge in [-0.2, -0.15) is 16.4 Å². The van der Waals surface area contributed by atoms with Gasteiger partial charge in [0.1, 0.15) is 0 Å². The van der Waals surface area contributed by atoms with Crippen molar-refractivity contribution in [3.63, 3.8) is 0 Å². The van der Waals surface area contributed by atoms with E-state index in [0.29, 0.717) is 23.0 Å². The van der Waals surface area contributed by atoms with Gasteiger partial charge in [-0.25, -0.2) is 4.68 Å². The Balaban J connectivity index is 1.63. The molecule has 0 radical (unpaired) electrons. The van der Waals surface area contributed by atoms with Crippen LogP contribution in [0.25, 0.3) is 5.69 Å². The van der Waals surface area contributed by atoms with Gasteiger partial charge in [-0.05, 0) is 59.9 Å². The van der Waals surface area contributed by atoms with Crippen molar-refractivity contribution in [1.29, 1.82) is 0 Å². The number of amides is 1. The van der Waals surface area contributed by atoms with Crippen LogP contribution in [0.15, 0.2) is 41.2 Å². The number of carbonyl (C=O) groups excluding carboxylic acids is 1. The fourth-order valence-corrected chi connectivity index (χ4v) is 3.72. The molecule has 128 valence electrons. The van der Waals surface area contributed by atoms with Crippen LogP contribution in [-0.4, -0.2) is 15.7 Å². The third-order valence-corrected chi connectivity index (χ3v) is 5.59. The van der Waals surface area contributed by atoms with Gasteiger partial charge in [-0.1, -0.05) is 17.7 Å². The molecular formula is C19H18ClN3OS. The monoisotopic (exact) mass is 371 g/mol. The molecule has 1 fully saturated rings. The summed E-state index contributed by atoms with van der Waals surface area (Å²) in [6.07, 6.45) is 3.86. The van der Waals surface area contributed by atoms with Crippen molar-refractivity contribution in [2.75, 3.05) is 0 Å². The van der Waals surface area contributed by atoms with Gasteiger partial charge in [0.15, 0.2) is 0 Å². The zero-order valence-electron chi connectivity index (χ0n) is 13.8. The molecule has 1 aromatic carbocycles. The quantitative estimate of drug-likeness (QED) is 0.706. The summed E-state index contributed by atoms with van der Waals surface area (Å²) in [5.74, 6) is 0.321. The summed E-state index contributed by atoms with van der Waals surface area (Å²) in [6.45, 7) is 2.51. The molecule has 6 heteroatoms. The molecule has 4 rings (SSSR count). The predicted molar refractivity (Wildman–Crippen MR) is 101 cm³/mol. The Hall–Kier alpha value is -2.11. The van der Waals surface area contributed by atoms with Crippen molar-refractivity contribution in [3.05, 3.63) is 68.6 Å². The summed E-state index contributed by atoms with van der Waals surface area (Å²) in [5.41, 5.74) is 4.69. The van der Waals surface area contributed by atoms with Gasteiger partial charge in [-0.15, -0.1) is 0 Å². The third kappa shape index (κ3) is 3.34. The van der Waals surface area contributed by atoms with E-state index < -0.39 is 0 Å². The molecule has 2 heterocycles. The summed E-state index contributed by atoms with van der Waals surface area (Å²) >= 11 is 7.90. The smallest absolute Gasteiger partial charge is 0.255 e.